The minimum absolute atomic E-state index is 0. The van der Waals surface area contributed by atoms with Gasteiger partial charge in [0.05, 0.1) is 30.5 Å². The molecule has 63 heavy (non-hydrogen) atoms. The van der Waals surface area contributed by atoms with Gasteiger partial charge in [-0.2, -0.15) is 0 Å². The first-order valence-electron chi connectivity index (χ1n) is 22.3. The normalized spacial score (nSPS) is 11.9. The number of benzene rings is 6. The second kappa shape index (κ2) is 18.8. The third-order valence-electron chi connectivity index (χ3n) is 12.0. The van der Waals surface area contributed by atoms with Crippen LogP contribution in [0.25, 0.3) is 72.4 Å². The van der Waals surface area contributed by atoms with Crippen molar-refractivity contribution < 1.29 is 24.5 Å². The van der Waals surface area contributed by atoms with E-state index < -0.39 is 8.07 Å². The molecule has 0 bridgehead atoms. The summed E-state index contributed by atoms with van der Waals surface area (Å²) in [4.78, 5) is 9.84. The summed E-state index contributed by atoms with van der Waals surface area (Å²) in [6.07, 6.45) is 1.94. The van der Waals surface area contributed by atoms with Crippen molar-refractivity contribution in [3.63, 3.8) is 0 Å². The minimum Gasteiger partial charge on any atom is -0.501 e. The molecule has 1 radical (unpaired) electrons. The fourth-order valence-electron chi connectivity index (χ4n) is 8.69. The maximum absolute atomic E-state index is 6.42. The van der Waals surface area contributed by atoms with Crippen LogP contribution in [0.4, 0.5) is 0 Å². The molecule has 0 aliphatic rings. The molecular weight excluding hydrogens is 963 g/mol. The molecule has 3 heterocycles. The Morgan fingerprint density at radius 1 is 0.619 bits per heavy atom. The number of hydrogen-bond acceptors (Lipinski definition) is 3. The average molecular weight is 1020 g/mol. The van der Waals surface area contributed by atoms with Crippen molar-refractivity contribution in [3.8, 4) is 39.5 Å². The molecule has 0 amide bonds. The Balaban J connectivity index is 0.000000192. The zero-order chi connectivity index (χ0) is 43.9. The average Bonchev–Trinajstić information content (AvgIpc) is 3.84. The Labute approximate surface area is 389 Å². The largest absolute Gasteiger partial charge is 0.501 e. The molecule has 0 saturated heterocycles. The smallest absolute Gasteiger partial charge is 0.120 e. The fourth-order valence-corrected chi connectivity index (χ4v) is 9.77. The summed E-state index contributed by atoms with van der Waals surface area (Å²) in [6.45, 7) is 25.2. The van der Waals surface area contributed by atoms with Gasteiger partial charge in [-0.15, -0.1) is 53.2 Å². The molecule has 0 atom stereocenters. The number of nitrogens with zero attached hydrogens (tertiary/aromatic N) is 3. The standard InChI is InChI=1S/C32H34NOSi.C25H25N2.Ir/c1-20(2)24-12-10-13-25(21(3)4)31(24)22-15-16-33-29(17-22)28-19-23(35(5,6)7)18-27-26-11-8-9-14-30(26)34-32(27)28;1-17(2)20-13-10-14-21(18(3)4)24(20)27-23-16-9-8-15-22(23)26-25(27)19-11-6-5-7-12-19;/h8-18,20-21H,1-7H3;5-11,13-18H,1-4H3;/q2*-1;. The number of furan rings is 1. The van der Waals surface area contributed by atoms with Gasteiger partial charge in [-0.25, -0.2) is 0 Å². The topological polar surface area (TPSA) is 43.9 Å². The Kier molecular flexibility index (Phi) is 13.6. The maximum atomic E-state index is 6.42. The van der Waals surface area contributed by atoms with Crippen LogP contribution < -0.4 is 5.19 Å². The monoisotopic (exact) mass is 1020 g/mol. The van der Waals surface area contributed by atoms with Crippen LogP contribution in [0.3, 0.4) is 0 Å². The Morgan fingerprint density at radius 3 is 1.84 bits per heavy atom. The third kappa shape index (κ3) is 9.04. The molecule has 0 spiro atoms. The Hall–Kier alpha value is -5.39. The van der Waals surface area contributed by atoms with Crippen molar-refractivity contribution >= 4 is 46.2 Å². The van der Waals surface area contributed by atoms with Crippen molar-refractivity contribution in [3.05, 3.63) is 168 Å². The van der Waals surface area contributed by atoms with E-state index in [0.717, 1.165) is 55.6 Å². The first-order valence-corrected chi connectivity index (χ1v) is 25.8. The zero-order valence-corrected chi connectivity index (χ0v) is 42.0. The molecule has 6 heteroatoms. The summed E-state index contributed by atoms with van der Waals surface area (Å²) in [6, 6.07) is 52.0. The summed E-state index contributed by atoms with van der Waals surface area (Å²) in [7, 11) is -1.63. The molecule has 0 unspecified atom stereocenters. The molecule has 0 N–H and O–H groups in total. The quantitative estimate of drug-likeness (QED) is 0.107. The van der Waals surface area contributed by atoms with Gasteiger partial charge in [0.25, 0.3) is 0 Å². The molecule has 9 rings (SSSR count). The molecule has 0 aliphatic carbocycles. The predicted octanol–water partition coefficient (Wildman–Crippen LogP) is 15.6. The predicted molar refractivity (Wildman–Crippen MR) is 266 cm³/mol. The summed E-state index contributed by atoms with van der Waals surface area (Å²) >= 11 is 0. The Bertz CT molecular complexity index is 2970. The second-order valence-electron chi connectivity index (χ2n) is 18.8. The molecule has 6 aromatic carbocycles. The van der Waals surface area contributed by atoms with Gasteiger partial charge in [0.2, 0.25) is 0 Å². The number of imidazole rings is 1. The van der Waals surface area contributed by atoms with Gasteiger partial charge in [-0.3, -0.25) is 4.98 Å². The molecule has 0 aliphatic heterocycles. The van der Waals surface area contributed by atoms with E-state index in [1.165, 1.54) is 44.3 Å². The van der Waals surface area contributed by atoms with Gasteiger partial charge in [0.1, 0.15) is 5.58 Å². The van der Waals surface area contributed by atoms with Crippen molar-refractivity contribution in [2.24, 2.45) is 0 Å². The van der Waals surface area contributed by atoms with Crippen LogP contribution in [0, 0.1) is 12.1 Å². The maximum Gasteiger partial charge on any atom is 0.120 e. The fraction of sp³-hybridized carbons (Fsp3) is 0.263. The number of para-hydroxylation sites is 4. The van der Waals surface area contributed by atoms with Crippen molar-refractivity contribution in [1.29, 1.82) is 0 Å². The van der Waals surface area contributed by atoms with E-state index in [-0.39, 0.29) is 20.1 Å². The van der Waals surface area contributed by atoms with E-state index in [1.54, 1.807) is 0 Å². The first-order chi connectivity index (χ1) is 29.7. The summed E-state index contributed by atoms with van der Waals surface area (Å²) in [5.74, 6) is 2.67. The molecule has 323 valence electrons. The number of aromatic nitrogens is 3. The van der Waals surface area contributed by atoms with Crippen LogP contribution in [0.5, 0.6) is 0 Å². The second-order valence-corrected chi connectivity index (χ2v) is 23.9. The number of pyridine rings is 1. The summed E-state index contributed by atoms with van der Waals surface area (Å²) in [5.41, 5.74) is 16.1. The molecule has 0 fully saturated rings. The molecule has 9 aromatic rings. The van der Waals surface area contributed by atoms with Crippen LogP contribution in [0.1, 0.15) is 101 Å². The van der Waals surface area contributed by atoms with Crippen molar-refractivity contribution in [2.75, 3.05) is 0 Å². The SMILES string of the molecule is CC(C)c1cccc(C(C)C)c1-c1ccnc(-c2[c-]c([Si](C)(C)C)cc3c2oc2ccccc23)c1.CC(C)c1cccc(C(C)C)c1-n1c(-c2[c-]cccc2)nc2ccccc21.[Ir]. The van der Waals surface area contributed by atoms with Crippen molar-refractivity contribution in [1.82, 2.24) is 14.5 Å². The first kappa shape index (κ1) is 45.6. The van der Waals surface area contributed by atoms with Crippen LogP contribution in [-0.2, 0) is 20.1 Å². The van der Waals surface area contributed by atoms with Gasteiger partial charge >= 0.3 is 0 Å². The van der Waals surface area contributed by atoms with Crippen molar-refractivity contribution in [2.45, 2.75) is 98.7 Å². The number of hydrogen-bond donors (Lipinski definition) is 0. The van der Waals surface area contributed by atoms with Crippen LogP contribution in [0.15, 0.2) is 138 Å². The molecule has 4 nitrogen and oxygen atoms in total. The Morgan fingerprint density at radius 2 is 1.22 bits per heavy atom. The van der Waals surface area contributed by atoms with E-state index in [2.05, 4.69) is 189 Å². The van der Waals surface area contributed by atoms with Crippen LogP contribution >= 0.6 is 0 Å². The third-order valence-corrected chi connectivity index (χ3v) is 13.9. The van der Waals surface area contributed by atoms with E-state index in [9.17, 15) is 0 Å². The van der Waals surface area contributed by atoms with Gasteiger partial charge in [0.15, 0.2) is 0 Å². The minimum atomic E-state index is -1.63. The van der Waals surface area contributed by atoms with Crippen LogP contribution in [-0.4, -0.2) is 22.6 Å². The van der Waals surface area contributed by atoms with Gasteiger partial charge in [-0.1, -0.05) is 159 Å². The van der Waals surface area contributed by atoms with E-state index >= 15 is 0 Å². The van der Waals surface area contributed by atoms with E-state index in [0.29, 0.717) is 23.7 Å². The summed E-state index contributed by atoms with van der Waals surface area (Å²) < 4.78 is 8.76. The van der Waals surface area contributed by atoms with E-state index in [4.69, 9.17) is 14.4 Å². The van der Waals surface area contributed by atoms with Gasteiger partial charge in [-0.05, 0) is 87.0 Å². The summed E-state index contributed by atoms with van der Waals surface area (Å²) in [5, 5.41) is 3.61. The number of fused-ring (bicyclic) bond motifs is 4. The molecule has 0 saturated carbocycles. The molecular formula is C57H59IrN3OSi-2. The van der Waals surface area contributed by atoms with E-state index in [1.807, 2.05) is 36.5 Å². The molecule has 3 aromatic heterocycles. The van der Waals surface area contributed by atoms with Gasteiger partial charge < -0.3 is 14.0 Å². The number of rotatable bonds is 9. The zero-order valence-electron chi connectivity index (χ0n) is 38.6. The van der Waals surface area contributed by atoms with Gasteiger partial charge in [0, 0.05) is 37.4 Å². The van der Waals surface area contributed by atoms with Crippen LogP contribution in [0.2, 0.25) is 19.6 Å².